The summed E-state index contributed by atoms with van der Waals surface area (Å²) in [6, 6.07) is -0.377. The molecule has 5 nitrogen and oxygen atoms in total. The fourth-order valence-electron chi connectivity index (χ4n) is 2.97. The van der Waals surface area contributed by atoms with Crippen LogP contribution in [0.2, 0.25) is 18.1 Å². The minimum absolute atomic E-state index is 0.120. The number of ether oxygens (including phenoxy) is 1. The molecule has 0 aliphatic carbocycles. The van der Waals surface area contributed by atoms with Gasteiger partial charge in [-0.2, -0.15) is 11.2 Å². The number of ketones is 1. The lowest BCUT2D eigenvalue weighted by atomic mass is 9.81. The molecule has 0 aromatic carbocycles. The van der Waals surface area contributed by atoms with Gasteiger partial charge in [0.2, 0.25) is 9.70 Å². The molecular formula is C20H32Cl3NO4SSi. The zero-order chi connectivity index (χ0) is 23.7. The molecule has 1 saturated heterocycles. The zero-order valence-electron chi connectivity index (χ0n) is 18.9. The molecule has 0 aromatic rings. The molecule has 0 saturated carbocycles. The van der Waals surface area contributed by atoms with Crippen LogP contribution in [0.4, 0.5) is 0 Å². The van der Waals surface area contributed by atoms with Crippen molar-refractivity contribution in [1.29, 1.82) is 0 Å². The average molecular weight is 517 g/mol. The number of amides is 1. The summed E-state index contributed by atoms with van der Waals surface area (Å²) < 4.78 is 3.37. The lowest BCUT2D eigenvalue weighted by molar-refractivity contribution is -0.162. The van der Waals surface area contributed by atoms with Crippen LogP contribution in [-0.4, -0.2) is 52.0 Å². The number of alkyl halides is 3. The predicted molar refractivity (Wildman–Crippen MR) is 129 cm³/mol. The van der Waals surface area contributed by atoms with Crippen LogP contribution in [0.3, 0.4) is 0 Å². The van der Waals surface area contributed by atoms with Gasteiger partial charge in [0.25, 0.3) is 0 Å². The number of carbonyl (C=O) groups excluding carboxylic acids is 3. The van der Waals surface area contributed by atoms with E-state index in [0.717, 1.165) is 5.75 Å². The number of hydrogen-bond donors (Lipinski definition) is 0. The highest BCUT2D eigenvalue weighted by Crippen LogP contribution is 2.44. The molecule has 1 amide bonds. The fourth-order valence-corrected chi connectivity index (χ4v) is 7.62. The lowest BCUT2D eigenvalue weighted by Crippen LogP contribution is -2.63. The van der Waals surface area contributed by atoms with Crippen molar-refractivity contribution in [2.45, 2.75) is 75.9 Å². The number of nitrogens with zero attached hydrogens (tertiary/aromatic N) is 1. The van der Waals surface area contributed by atoms with Crippen molar-refractivity contribution in [1.82, 2.24) is 4.90 Å². The van der Waals surface area contributed by atoms with Gasteiger partial charge in [0.1, 0.15) is 31.2 Å². The summed E-state index contributed by atoms with van der Waals surface area (Å²) >= 11 is 18.9. The summed E-state index contributed by atoms with van der Waals surface area (Å²) in [5.41, 5.74) is 0.718. The Hall–Kier alpha value is -0.213. The quantitative estimate of drug-likeness (QED) is 0.103. The summed E-state index contributed by atoms with van der Waals surface area (Å²) in [7, 11) is -1.57. The molecule has 2 atom stereocenters. The van der Waals surface area contributed by atoms with E-state index in [1.165, 1.54) is 11.8 Å². The maximum absolute atomic E-state index is 12.8. The van der Waals surface area contributed by atoms with Crippen molar-refractivity contribution in [3.63, 3.8) is 0 Å². The number of esters is 1. The Kier molecular flexibility index (Phi) is 9.42. The summed E-state index contributed by atoms with van der Waals surface area (Å²) in [5, 5.41) is 0.221. The second kappa shape index (κ2) is 10.2. The van der Waals surface area contributed by atoms with E-state index in [1.807, 2.05) is 11.2 Å². The van der Waals surface area contributed by atoms with Gasteiger partial charge in [0.15, 0.2) is 0 Å². The topological polar surface area (TPSA) is 63.7 Å². The van der Waals surface area contributed by atoms with Gasteiger partial charge in [-0.05, 0) is 43.6 Å². The van der Waals surface area contributed by atoms with Gasteiger partial charge in [-0.3, -0.25) is 9.59 Å². The van der Waals surface area contributed by atoms with E-state index in [4.69, 9.17) is 39.5 Å². The third kappa shape index (κ3) is 6.89. The SMILES string of the molecule is CC(=O)[C@H]1C(=O)N(C(C(=O)OCC(Cl)(Cl)Cl)=C(C)C)[C@@H]1CCS[Si](C)(C)C(C)(C)C. The Labute approximate surface area is 199 Å². The van der Waals surface area contributed by atoms with Crippen LogP contribution in [-0.2, 0) is 19.1 Å². The molecule has 0 aromatic heterocycles. The average Bonchev–Trinajstić information content (AvgIpc) is 2.53. The first kappa shape index (κ1) is 27.8. The maximum atomic E-state index is 12.8. The van der Waals surface area contributed by atoms with Crippen LogP contribution < -0.4 is 0 Å². The number of Topliss-reactive ketones (excluding diaryl/α,β-unsaturated/α-hetero) is 1. The molecule has 1 aliphatic rings. The number of allylic oxidation sites excluding steroid dienone is 1. The van der Waals surface area contributed by atoms with E-state index >= 15 is 0 Å². The van der Waals surface area contributed by atoms with Crippen molar-refractivity contribution in [3.05, 3.63) is 11.3 Å². The van der Waals surface area contributed by atoms with Crippen LogP contribution in [0.15, 0.2) is 11.3 Å². The normalized spacial score (nSPS) is 20.0. The summed E-state index contributed by atoms with van der Waals surface area (Å²) in [6.07, 6.45) is 0.613. The van der Waals surface area contributed by atoms with Gasteiger partial charge in [0.05, 0.1) is 6.04 Å². The van der Waals surface area contributed by atoms with Crippen molar-refractivity contribution < 1.29 is 19.1 Å². The second-order valence-electron chi connectivity index (χ2n) is 9.30. The van der Waals surface area contributed by atoms with Gasteiger partial charge in [-0.1, -0.05) is 68.7 Å². The molecule has 1 rings (SSSR count). The molecule has 1 aliphatic heterocycles. The molecule has 0 unspecified atom stereocenters. The number of hydrogen-bond acceptors (Lipinski definition) is 5. The molecule has 10 heteroatoms. The third-order valence-corrected chi connectivity index (χ3v) is 15.3. The molecule has 0 spiro atoms. The molecule has 172 valence electrons. The lowest BCUT2D eigenvalue weighted by Gasteiger charge is -2.47. The minimum atomic E-state index is -1.75. The molecule has 30 heavy (non-hydrogen) atoms. The van der Waals surface area contributed by atoms with E-state index in [9.17, 15) is 14.4 Å². The van der Waals surface area contributed by atoms with Crippen molar-refractivity contribution in [3.8, 4) is 0 Å². The highest BCUT2D eigenvalue weighted by molar-refractivity contribution is 8.29. The molecular weight excluding hydrogens is 485 g/mol. The van der Waals surface area contributed by atoms with E-state index < -0.39 is 29.5 Å². The van der Waals surface area contributed by atoms with Crippen molar-refractivity contribution in [2.75, 3.05) is 12.4 Å². The van der Waals surface area contributed by atoms with Crippen molar-refractivity contribution in [2.24, 2.45) is 5.92 Å². The number of halogens is 3. The zero-order valence-corrected chi connectivity index (χ0v) is 23.0. The Morgan fingerprint density at radius 3 is 2.07 bits per heavy atom. The Bertz CT molecular complexity index is 725. The Balaban J connectivity index is 3.04. The van der Waals surface area contributed by atoms with Crippen LogP contribution >= 0.6 is 46.0 Å². The van der Waals surface area contributed by atoms with Crippen LogP contribution in [0.25, 0.3) is 0 Å². The molecule has 1 heterocycles. The number of carbonyl (C=O) groups is 3. The predicted octanol–water partition coefficient (Wildman–Crippen LogP) is 5.74. The largest absolute Gasteiger partial charge is 0.456 e. The van der Waals surface area contributed by atoms with Gasteiger partial charge in [0, 0.05) is 0 Å². The number of rotatable bonds is 8. The van der Waals surface area contributed by atoms with Crippen molar-refractivity contribution >= 4 is 70.9 Å². The summed E-state index contributed by atoms with van der Waals surface area (Å²) in [4.78, 5) is 38.9. The Morgan fingerprint density at radius 2 is 1.67 bits per heavy atom. The first-order valence-corrected chi connectivity index (χ1v) is 15.6. The monoisotopic (exact) mass is 515 g/mol. The van der Waals surface area contributed by atoms with Gasteiger partial charge >= 0.3 is 5.97 Å². The standard InChI is InChI=1S/C20H32Cl3NO4SSi/c1-12(2)16(18(27)28-11-20(21,22)23)24-14(15(13(3)25)17(24)26)9-10-29-30(7,8)19(4,5)6/h14-15H,9-11H2,1-8H3/t14-,15-/m1/s1. The highest BCUT2D eigenvalue weighted by atomic mass is 35.6. The van der Waals surface area contributed by atoms with E-state index in [0.29, 0.717) is 12.0 Å². The number of likely N-dealkylation sites (tertiary alicyclic amines) is 1. The Morgan fingerprint density at radius 1 is 1.13 bits per heavy atom. The number of β-lactam (4-membered cyclic amide) rings is 1. The van der Waals surface area contributed by atoms with Gasteiger partial charge in [-0.25, -0.2) is 4.79 Å². The summed E-state index contributed by atoms with van der Waals surface area (Å²) in [6.45, 7) is 15.8. The summed E-state index contributed by atoms with van der Waals surface area (Å²) in [5.74, 6) is -1.25. The van der Waals surface area contributed by atoms with E-state index in [1.54, 1.807) is 13.8 Å². The third-order valence-electron chi connectivity index (χ3n) is 5.62. The molecule has 1 fully saturated rings. The first-order chi connectivity index (χ1) is 13.4. The van der Waals surface area contributed by atoms with Gasteiger partial charge < -0.3 is 9.64 Å². The fraction of sp³-hybridized carbons (Fsp3) is 0.750. The smallest absolute Gasteiger partial charge is 0.355 e. The molecule has 0 radical (unpaired) electrons. The van der Waals surface area contributed by atoms with Crippen LogP contribution in [0, 0.1) is 5.92 Å². The van der Waals surface area contributed by atoms with E-state index in [2.05, 4.69) is 33.9 Å². The maximum Gasteiger partial charge on any atom is 0.355 e. The van der Waals surface area contributed by atoms with Gasteiger partial charge in [-0.15, -0.1) is 0 Å². The minimum Gasteiger partial charge on any atom is -0.456 e. The highest BCUT2D eigenvalue weighted by Gasteiger charge is 2.53. The molecule has 0 bridgehead atoms. The first-order valence-electron chi connectivity index (χ1n) is 9.79. The second-order valence-corrected chi connectivity index (χ2v) is 21.0. The van der Waals surface area contributed by atoms with Crippen LogP contribution in [0.1, 0.15) is 48.0 Å². The van der Waals surface area contributed by atoms with E-state index in [-0.39, 0.29) is 28.5 Å². The molecule has 0 N–H and O–H groups in total. The van der Waals surface area contributed by atoms with Crippen LogP contribution in [0.5, 0.6) is 0 Å².